The molecule has 0 fully saturated rings. The first-order valence-electron chi connectivity index (χ1n) is 9.53. The van der Waals surface area contributed by atoms with Crippen LogP contribution in [-0.2, 0) is 0 Å². The average Bonchev–Trinajstić information content (AvgIpc) is 3.02. The lowest BCUT2D eigenvalue weighted by Crippen LogP contribution is -2.21. The van der Waals surface area contributed by atoms with Gasteiger partial charge in [0.25, 0.3) is 0 Å². The van der Waals surface area contributed by atoms with Crippen LogP contribution in [0.25, 0.3) is 17.2 Å². The molecule has 0 aliphatic heterocycles. The Kier molecular flexibility index (Phi) is 4.62. The summed E-state index contributed by atoms with van der Waals surface area (Å²) >= 11 is 0. The van der Waals surface area contributed by atoms with Crippen LogP contribution in [0.2, 0.25) is 0 Å². The predicted octanol–water partition coefficient (Wildman–Crippen LogP) is 6.36. The molecule has 0 saturated carbocycles. The minimum absolute atomic E-state index is 0.338. The standard InChI is InChI=1S/C25H25N/c1-3-26(4-2)20-16-13-19(14-17-20)15-18-25-23-11-7-5-9-21(23)22-10-6-8-12-24(22)25/h5-18,25H,3-4H2,1-2H3. The van der Waals surface area contributed by atoms with Crippen LogP contribution in [-0.4, -0.2) is 13.1 Å². The molecule has 4 rings (SSSR count). The summed E-state index contributed by atoms with van der Waals surface area (Å²) in [4.78, 5) is 2.37. The second kappa shape index (κ2) is 7.21. The lowest BCUT2D eigenvalue weighted by atomic mass is 9.96. The zero-order valence-corrected chi connectivity index (χ0v) is 15.5. The Bertz CT molecular complexity index is 871. The highest BCUT2D eigenvalue weighted by molar-refractivity contribution is 5.80. The Balaban J connectivity index is 1.63. The molecule has 0 saturated heterocycles. The molecule has 0 spiro atoms. The first kappa shape index (κ1) is 16.7. The van der Waals surface area contributed by atoms with E-state index in [0.717, 1.165) is 13.1 Å². The van der Waals surface area contributed by atoms with E-state index in [-0.39, 0.29) is 0 Å². The van der Waals surface area contributed by atoms with Crippen LogP contribution in [0.1, 0.15) is 36.5 Å². The van der Waals surface area contributed by atoms with E-state index in [1.807, 2.05) is 0 Å². The maximum Gasteiger partial charge on any atom is 0.0366 e. The number of rotatable bonds is 5. The maximum absolute atomic E-state index is 2.37. The largest absolute Gasteiger partial charge is 0.372 e. The van der Waals surface area contributed by atoms with Crippen molar-refractivity contribution in [3.05, 3.63) is 95.6 Å². The maximum atomic E-state index is 2.37. The zero-order chi connectivity index (χ0) is 17.9. The summed E-state index contributed by atoms with van der Waals surface area (Å²) in [5.74, 6) is 0.338. The molecule has 1 aliphatic carbocycles. The van der Waals surface area contributed by atoms with Crippen LogP contribution >= 0.6 is 0 Å². The molecule has 1 heteroatoms. The molecule has 3 aromatic rings. The van der Waals surface area contributed by atoms with Gasteiger partial charge in [-0.05, 0) is 53.8 Å². The molecule has 0 N–H and O–H groups in total. The second-order valence-corrected chi connectivity index (χ2v) is 6.78. The van der Waals surface area contributed by atoms with Gasteiger partial charge in [0.1, 0.15) is 0 Å². The summed E-state index contributed by atoms with van der Waals surface area (Å²) in [6.07, 6.45) is 4.60. The number of allylic oxidation sites excluding steroid dienone is 1. The number of anilines is 1. The van der Waals surface area contributed by atoms with Crippen LogP contribution in [0, 0.1) is 0 Å². The first-order valence-corrected chi connectivity index (χ1v) is 9.53. The third-order valence-electron chi connectivity index (χ3n) is 5.38. The molecule has 0 radical (unpaired) electrons. The fourth-order valence-corrected chi connectivity index (χ4v) is 3.99. The van der Waals surface area contributed by atoms with Gasteiger partial charge in [0.15, 0.2) is 0 Å². The Labute approximate surface area is 156 Å². The summed E-state index contributed by atoms with van der Waals surface area (Å²) < 4.78 is 0. The molecule has 130 valence electrons. The van der Waals surface area contributed by atoms with Crippen molar-refractivity contribution in [1.29, 1.82) is 0 Å². The number of hydrogen-bond acceptors (Lipinski definition) is 1. The fraction of sp³-hybridized carbons (Fsp3) is 0.200. The molecular formula is C25H25N. The first-order chi connectivity index (χ1) is 12.8. The van der Waals surface area contributed by atoms with Crippen molar-refractivity contribution in [1.82, 2.24) is 0 Å². The van der Waals surface area contributed by atoms with Crippen molar-refractivity contribution >= 4 is 11.8 Å². The molecule has 1 aliphatic rings. The van der Waals surface area contributed by atoms with Gasteiger partial charge >= 0.3 is 0 Å². The Hall–Kier alpha value is -2.80. The minimum atomic E-state index is 0.338. The second-order valence-electron chi connectivity index (χ2n) is 6.78. The van der Waals surface area contributed by atoms with Crippen molar-refractivity contribution in [2.75, 3.05) is 18.0 Å². The van der Waals surface area contributed by atoms with Gasteiger partial charge < -0.3 is 4.90 Å². The predicted molar refractivity (Wildman–Crippen MR) is 113 cm³/mol. The summed E-state index contributed by atoms with van der Waals surface area (Å²) in [7, 11) is 0. The van der Waals surface area contributed by atoms with E-state index in [9.17, 15) is 0 Å². The van der Waals surface area contributed by atoms with Gasteiger partial charge in [-0.2, -0.15) is 0 Å². The van der Waals surface area contributed by atoms with Crippen molar-refractivity contribution in [3.63, 3.8) is 0 Å². The normalized spacial score (nSPS) is 13.0. The third kappa shape index (κ3) is 2.94. The van der Waals surface area contributed by atoms with E-state index < -0.39 is 0 Å². The van der Waals surface area contributed by atoms with Crippen LogP contribution < -0.4 is 4.90 Å². The molecule has 1 nitrogen and oxygen atoms in total. The van der Waals surface area contributed by atoms with Gasteiger partial charge in [0.05, 0.1) is 0 Å². The number of fused-ring (bicyclic) bond motifs is 3. The average molecular weight is 339 g/mol. The fourth-order valence-electron chi connectivity index (χ4n) is 3.99. The summed E-state index contributed by atoms with van der Waals surface area (Å²) in [6.45, 7) is 6.49. The van der Waals surface area contributed by atoms with E-state index in [4.69, 9.17) is 0 Å². The lowest BCUT2D eigenvalue weighted by molar-refractivity contribution is 0.866. The SMILES string of the molecule is CCN(CC)c1ccc(C=CC2c3ccccc3-c3ccccc32)cc1. The van der Waals surface area contributed by atoms with Crippen LogP contribution in [0.15, 0.2) is 78.9 Å². The van der Waals surface area contributed by atoms with Gasteiger partial charge in [0, 0.05) is 24.7 Å². The lowest BCUT2D eigenvalue weighted by Gasteiger charge is -2.20. The number of hydrogen-bond donors (Lipinski definition) is 0. The third-order valence-corrected chi connectivity index (χ3v) is 5.38. The highest BCUT2D eigenvalue weighted by Gasteiger charge is 2.25. The van der Waals surface area contributed by atoms with E-state index in [2.05, 4.69) is 104 Å². The molecule has 0 unspecified atom stereocenters. The number of nitrogens with zero attached hydrogens (tertiary/aromatic N) is 1. The van der Waals surface area contributed by atoms with Gasteiger partial charge in [-0.1, -0.05) is 72.8 Å². The van der Waals surface area contributed by atoms with E-state index in [0.29, 0.717) is 5.92 Å². The minimum Gasteiger partial charge on any atom is -0.372 e. The number of benzene rings is 3. The van der Waals surface area contributed by atoms with Gasteiger partial charge in [0.2, 0.25) is 0 Å². The van der Waals surface area contributed by atoms with E-state index >= 15 is 0 Å². The molecule has 0 heterocycles. The van der Waals surface area contributed by atoms with Crippen molar-refractivity contribution < 1.29 is 0 Å². The van der Waals surface area contributed by atoms with Crippen molar-refractivity contribution in [2.45, 2.75) is 19.8 Å². The quantitative estimate of drug-likeness (QED) is 0.523. The molecule has 26 heavy (non-hydrogen) atoms. The molecule has 0 aromatic heterocycles. The van der Waals surface area contributed by atoms with E-state index in [1.54, 1.807) is 0 Å². The smallest absolute Gasteiger partial charge is 0.0366 e. The van der Waals surface area contributed by atoms with Crippen LogP contribution in [0.4, 0.5) is 5.69 Å². The van der Waals surface area contributed by atoms with Gasteiger partial charge in [-0.15, -0.1) is 0 Å². The van der Waals surface area contributed by atoms with Crippen LogP contribution in [0.5, 0.6) is 0 Å². The molecule has 0 bridgehead atoms. The zero-order valence-electron chi connectivity index (χ0n) is 15.5. The highest BCUT2D eigenvalue weighted by atomic mass is 15.1. The highest BCUT2D eigenvalue weighted by Crippen LogP contribution is 2.45. The topological polar surface area (TPSA) is 3.24 Å². The van der Waals surface area contributed by atoms with Crippen molar-refractivity contribution in [2.24, 2.45) is 0 Å². The van der Waals surface area contributed by atoms with Gasteiger partial charge in [-0.3, -0.25) is 0 Å². The van der Waals surface area contributed by atoms with Gasteiger partial charge in [-0.25, -0.2) is 0 Å². The Morgan fingerprint density at radius 1 is 0.731 bits per heavy atom. The monoisotopic (exact) mass is 339 g/mol. The Morgan fingerprint density at radius 3 is 1.81 bits per heavy atom. The van der Waals surface area contributed by atoms with Crippen molar-refractivity contribution in [3.8, 4) is 11.1 Å². The summed E-state index contributed by atoms with van der Waals surface area (Å²) in [5.41, 5.74) is 8.10. The van der Waals surface area contributed by atoms with E-state index in [1.165, 1.54) is 33.5 Å². The molecule has 3 aromatic carbocycles. The summed E-state index contributed by atoms with van der Waals surface area (Å²) in [6, 6.07) is 26.4. The molecule has 0 amide bonds. The summed E-state index contributed by atoms with van der Waals surface area (Å²) in [5, 5.41) is 0. The molecular weight excluding hydrogens is 314 g/mol. The Morgan fingerprint density at radius 2 is 1.27 bits per heavy atom. The molecule has 0 atom stereocenters. The van der Waals surface area contributed by atoms with Crippen LogP contribution in [0.3, 0.4) is 0 Å².